The first-order valence-electron chi connectivity index (χ1n) is 23.9. The van der Waals surface area contributed by atoms with Crippen molar-refractivity contribution in [2.75, 3.05) is 18.8 Å². The van der Waals surface area contributed by atoms with Crippen molar-refractivity contribution in [3.05, 3.63) is 29.8 Å². The van der Waals surface area contributed by atoms with Gasteiger partial charge in [-0.3, -0.25) is 57.5 Å². The van der Waals surface area contributed by atoms with Crippen LogP contribution in [0.2, 0.25) is 0 Å². The Morgan fingerprint density at radius 2 is 1.23 bits per heavy atom. The number of aromatic hydroxyl groups is 1. The topological polar surface area (TPSA) is 429 Å². The van der Waals surface area contributed by atoms with Gasteiger partial charge < -0.3 is 75.5 Å². The zero-order valence-electron chi connectivity index (χ0n) is 42.0. The molecule has 1 fully saturated rings. The third-order valence-corrected chi connectivity index (χ3v) is 12.1. The largest absolute Gasteiger partial charge is 0.508 e. The van der Waals surface area contributed by atoms with Gasteiger partial charge in [-0.15, -0.1) is 0 Å². The highest BCUT2D eigenvalue weighted by atomic mass is 32.1. The van der Waals surface area contributed by atoms with E-state index in [1.54, 1.807) is 13.8 Å². The maximum absolute atomic E-state index is 14.0. The van der Waals surface area contributed by atoms with Gasteiger partial charge in [-0.2, -0.15) is 12.6 Å². The van der Waals surface area contributed by atoms with Crippen molar-refractivity contribution in [3.8, 4) is 5.75 Å². The molecule has 1 heterocycles. The minimum absolute atomic E-state index is 0.0346. The van der Waals surface area contributed by atoms with Gasteiger partial charge in [-0.05, 0) is 69.1 Å². The van der Waals surface area contributed by atoms with Crippen LogP contribution in [0.4, 0.5) is 0 Å². The van der Waals surface area contributed by atoms with Gasteiger partial charge in [0.05, 0.1) is 19.0 Å². The van der Waals surface area contributed by atoms with Crippen LogP contribution in [0.3, 0.4) is 0 Å². The molecule has 10 atom stereocenters. The number of nitrogens with one attached hydrogen (secondary N) is 8. The van der Waals surface area contributed by atoms with Gasteiger partial charge in [-0.1, -0.05) is 46.2 Å². The summed E-state index contributed by atoms with van der Waals surface area (Å²) >= 11 is 4.23. The fourth-order valence-electron chi connectivity index (χ4n) is 7.50. The molecule has 1 aliphatic heterocycles. The smallest absolute Gasteiger partial charge is 0.245 e. The summed E-state index contributed by atoms with van der Waals surface area (Å²) in [7, 11) is 0. The van der Waals surface area contributed by atoms with E-state index in [2.05, 4.69) is 55.2 Å². The minimum Gasteiger partial charge on any atom is -0.508 e. The summed E-state index contributed by atoms with van der Waals surface area (Å²) in [6.07, 6.45) is -0.670. The fourth-order valence-corrected chi connectivity index (χ4v) is 7.75. The summed E-state index contributed by atoms with van der Waals surface area (Å²) in [5.74, 6) is -11.2. The molecule has 1 aliphatic rings. The molecule has 17 N–H and O–H groups in total. The molecular weight excluding hydrogens is 975 g/mol. The van der Waals surface area contributed by atoms with Gasteiger partial charge >= 0.3 is 0 Å². The second-order valence-electron chi connectivity index (χ2n) is 18.4. The summed E-state index contributed by atoms with van der Waals surface area (Å²) in [4.78, 5) is 158. The summed E-state index contributed by atoms with van der Waals surface area (Å²) in [5, 5.41) is 29.6. The number of phenols is 1. The number of phenolic OH excluding ortho intramolecular Hbond substituents is 1. The lowest BCUT2D eigenvalue weighted by molar-refractivity contribution is -0.142. The van der Waals surface area contributed by atoms with Crippen LogP contribution in [0.5, 0.6) is 5.75 Å². The first-order valence-corrected chi connectivity index (χ1v) is 24.5. The van der Waals surface area contributed by atoms with Crippen LogP contribution in [-0.4, -0.2) is 154 Å². The molecule has 0 aliphatic carbocycles. The number of amides is 12. The number of thiol groups is 1. The average molecular weight is 1050 g/mol. The molecule has 0 aromatic heterocycles. The lowest BCUT2D eigenvalue weighted by Crippen LogP contribution is -2.61. The highest BCUT2D eigenvalue weighted by Crippen LogP contribution is 2.20. The number of likely N-dealkylation sites (tertiary alicyclic amines) is 1. The summed E-state index contributed by atoms with van der Waals surface area (Å²) in [5.41, 5.74) is 22.2. The highest BCUT2D eigenvalue weighted by Gasteiger charge is 2.40. The van der Waals surface area contributed by atoms with Gasteiger partial charge in [-0.25, -0.2) is 0 Å². The minimum atomic E-state index is -1.75. The van der Waals surface area contributed by atoms with E-state index in [-0.39, 0.29) is 43.2 Å². The molecule has 1 aromatic carbocycles. The van der Waals surface area contributed by atoms with E-state index in [9.17, 15) is 62.6 Å². The first-order chi connectivity index (χ1) is 34.2. The number of benzene rings is 1. The third-order valence-electron chi connectivity index (χ3n) is 11.7. The van der Waals surface area contributed by atoms with Crippen molar-refractivity contribution in [1.29, 1.82) is 0 Å². The van der Waals surface area contributed by atoms with Crippen LogP contribution in [-0.2, 0) is 64.0 Å². The molecule has 0 spiro atoms. The number of nitrogens with two attached hydrogens (primary N) is 4. The Kier molecular flexibility index (Phi) is 25.6. The molecule has 26 nitrogen and oxygen atoms in total. The second kappa shape index (κ2) is 30.1. The van der Waals surface area contributed by atoms with Crippen LogP contribution in [0, 0.1) is 11.8 Å². The summed E-state index contributed by atoms with van der Waals surface area (Å²) in [6.45, 7) is 9.29. The molecule has 12 amide bonds. The molecule has 0 radical (unpaired) electrons. The molecule has 406 valence electrons. The molecule has 1 saturated heterocycles. The maximum Gasteiger partial charge on any atom is 0.245 e. The number of carbonyl (C=O) groups is 12. The highest BCUT2D eigenvalue weighted by molar-refractivity contribution is 7.80. The van der Waals surface area contributed by atoms with Gasteiger partial charge in [0, 0.05) is 25.1 Å². The van der Waals surface area contributed by atoms with Crippen LogP contribution in [0.15, 0.2) is 24.3 Å². The van der Waals surface area contributed by atoms with Gasteiger partial charge in [0.25, 0.3) is 0 Å². The Morgan fingerprint density at radius 1 is 0.671 bits per heavy atom. The number of primary amides is 3. The van der Waals surface area contributed by atoms with Gasteiger partial charge in [0.1, 0.15) is 54.1 Å². The summed E-state index contributed by atoms with van der Waals surface area (Å²) in [6, 6.07) is -6.03. The van der Waals surface area contributed by atoms with Gasteiger partial charge in [0.15, 0.2) is 0 Å². The molecule has 1 aromatic rings. The van der Waals surface area contributed by atoms with Crippen LogP contribution in [0.25, 0.3) is 0 Å². The standard InChI is InChI=1S/C46H73N13O13S/c1-7-23(4)37(58-43(69)32(21-73)57-42(68)30(54-38(64)24(5)47)18-26-10-12-27(60)13-11-26)45(71)53-28(14-15-34(48)61)40(66)55-31(19-35(49)62)41(67)52-25(6)46(72)59-16-8-9-33(59)44(70)56-29(17-22(2)3)39(65)51-20-36(50)63/h10-13,22-25,28-33,37,60,73H,7-9,14-21,47H2,1-6H3,(H2,48,61)(H2,49,62)(H2,50,63)(H,51,65)(H,52,67)(H,53,71)(H,54,64)(H,55,66)(H,56,70)(H,57,68)(H,58,69)/t23?,24-,25-,28-,29-,30-,31-,32-,33-,37-/m0/s1. The van der Waals surface area contributed by atoms with E-state index in [0.717, 1.165) is 0 Å². The first kappa shape index (κ1) is 62.1. The summed E-state index contributed by atoms with van der Waals surface area (Å²) < 4.78 is 0. The number of rotatable bonds is 30. The Bertz CT molecular complexity index is 2160. The molecule has 73 heavy (non-hydrogen) atoms. The van der Waals surface area contributed by atoms with E-state index in [1.165, 1.54) is 43.0 Å². The zero-order chi connectivity index (χ0) is 55.3. The zero-order valence-corrected chi connectivity index (χ0v) is 42.9. The molecule has 2 rings (SSSR count). The maximum atomic E-state index is 14.0. The number of hydrogen-bond donors (Lipinski definition) is 14. The monoisotopic (exact) mass is 1050 g/mol. The van der Waals surface area contributed by atoms with Gasteiger partial charge in [0.2, 0.25) is 70.9 Å². The quantitative estimate of drug-likeness (QED) is 0.0323. The lowest BCUT2D eigenvalue weighted by atomic mass is 9.97. The van der Waals surface area contributed by atoms with Crippen molar-refractivity contribution in [2.45, 2.75) is 147 Å². The van der Waals surface area contributed by atoms with Crippen molar-refractivity contribution in [3.63, 3.8) is 0 Å². The predicted molar refractivity (Wildman–Crippen MR) is 267 cm³/mol. The number of hydrogen-bond acceptors (Lipinski definition) is 15. The Balaban J connectivity index is 2.29. The fraction of sp³-hybridized carbons (Fsp3) is 0.609. The SMILES string of the molecule is CCC(C)[C@H](NC(=O)[C@H](CS)NC(=O)[C@H](Cc1ccc(O)cc1)NC(=O)[C@H](C)N)C(=O)N[C@@H](CCC(N)=O)C(=O)N[C@@H](CC(N)=O)C(=O)N[C@@H](C)C(=O)N1CCC[C@H]1C(=O)N[C@@H](CC(C)C)C(=O)NCC(N)=O. The van der Waals surface area contributed by atoms with E-state index in [0.29, 0.717) is 18.4 Å². The van der Waals surface area contributed by atoms with Crippen molar-refractivity contribution >= 4 is 83.5 Å². The van der Waals surface area contributed by atoms with E-state index in [4.69, 9.17) is 22.9 Å². The Hall–Kier alpha value is -7.03. The average Bonchev–Trinajstić information content (AvgIpc) is 3.82. The molecule has 1 unspecified atom stereocenters. The molecule has 0 saturated carbocycles. The van der Waals surface area contributed by atoms with Crippen molar-refractivity contribution < 1.29 is 62.6 Å². The Labute approximate surface area is 428 Å². The normalized spacial score (nSPS) is 16.8. The van der Waals surface area contributed by atoms with E-state index >= 15 is 0 Å². The van der Waals surface area contributed by atoms with Crippen LogP contribution >= 0.6 is 12.6 Å². The molecular formula is C46H73N13O13S. The van der Waals surface area contributed by atoms with Crippen LogP contribution < -0.4 is 65.5 Å². The third kappa shape index (κ3) is 20.9. The molecule has 27 heteroatoms. The van der Waals surface area contributed by atoms with Crippen LogP contribution in [0.1, 0.15) is 92.1 Å². The van der Waals surface area contributed by atoms with Crippen molar-refractivity contribution in [2.24, 2.45) is 34.8 Å². The second-order valence-corrected chi connectivity index (χ2v) is 18.8. The van der Waals surface area contributed by atoms with Crippen molar-refractivity contribution in [1.82, 2.24) is 47.4 Å². The lowest BCUT2D eigenvalue weighted by Gasteiger charge is -2.30. The van der Waals surface area contributed by atoms with E-state index in [1.807, 2.05) is 13.8 Å². The Morgan fingerprint density at radius 3 is 1.78 bits per heavy atom. The predicted octanol–water partition coefficient (Wildman–Crippen LogP) is -4.55. The number of carbonyl (C=O) groups excluding carboxylic acids is 12. The molecule has 0 bridgehead atoms. The van der Waals surface area contributed by atoms with E-state index < -0.39 is 157 Å². The number of nitrogens with zero attached hydrogens (tertiary/aromatic N) is 1.